The second kappa shape index (κ2) is 7.44. The average Bonchev–Trinajstić information content (AvgIpc) is 2.45. The van der Waals surface area contributed by atoms with Gasteiger partial charge in [0.05, 0.1) is 0 Å². The minimum absolute atomic E-state index is 0.103. The van der Waals surface area contributed by atoms with E-state index in [0.717, 1.165) is 25.7 Å². The number of hydrogen-bond donors (Lipinski definition) is 0. The summed E-state index contributed by atoms with van der Waals surface area (Å²) >= 11 is 0.103. The molecule has 0 heterocycles. The number of rotatable bonds is 5. The summed E-state index contributed by atoms with van der Waals surface area (Å²) in [6.45, 7) is 11.3. The number of aryl methyl sites for hydroxylation is 1. The van der Waals surface area contributed by atoms with Crippen molar-refractivity contribution in [2.75, 3.05) is 0 Å². The predicted octanol–water partition coefficient (Wildman–Crippen LogP) is 2.51. The van der Waals surface area contributed by atoms with Crippen LogP contribution in [0.3, 0.4) is 0 Å². The molecule has 0 spiro atoms. The molecule has 1 aromatic rings. The van der Waals surface area contributed by atoms with Gasteiger partial charge in [0.2, 0.25) is 0 Å². The molecule has 112 valence electrons. The monoisotopic (exact) mass is 393 g/mol. The topological polar surface area (TPSA) is 0 Å². The normalized spacial score (nSPS) is 14.9. The molecule has 1 aliphatic carbocycles. The van der Waals surface area contributed by atoms with Crippen LogP contribution in [0.15, 0.2) is 60.2 Å². The molecule has 0 aliphatic heterocycles. The van der Waals surface area contributed by atoms with Gasteiger partial charge >= 0.3 is 21.2 Å². The molecule has 0 nitrogen and oxygen atoms in total. The minimum atomic E-state index is 0.103. The maximum absolute atomic E-state index is 4.26. The molecule has 0 aromatic heterocycles. The highest BCUT2D eigenvalue weighted by Crippen LogP contribution is 2.22. The molecule has 0 amide bonds. The van der Waals surface area contributed by atoms with E-state index in [1.54, 1.807) is 3.57 Å². The lowest BCUT2D eigenvalue weighted by molar-refractivity contribution is -0.691. The van der Waals surface area contributed by atoms with Gasteiger partial charge in [0.25, 0.3) is 0 Å². The highest BCUT2D eigenvalue weighted by Gasteiger charge is 2.28. The summed E-state index contributed by atoms with van der Waals surface area (Å²) in [5, 5.41) is 0. The van der Waals surface area contributed by atoms with Crippen molar-refractivity contribution in [2.24, 2.45) is 0 Å². The Morgan fingerprint density at radius 2 is 1.90 bits per heavy atom. The largest absolute Gasteiger partial charge is 0.319 e. The average molecular weight is 393 g/mol. The first-order valence-corrected chi connectivity index (χ1v) is 9.88. The minimum Gasteiger partial charge on any atom is -0.0955 e. The molecular formula is C20H26I+. The number of halogens is 1. The SMILES string of the molecule is C=C(CCc1ccc([I+]C(C)(C)C)cc1)C1=CC=CCC1. The Balaban J connectivity index is 1.87. The van der Waals surface area contributed by atoms with E-state index >= 15 is 0 Å². The molecule has 21 heavy (non-hydrogen) atoms. The fraction of sp³-hybridized carbons (Fsp3) is 0.400. The van der Waals surface area contributed by atoms with Crippen LogP contribution in [-0.2, 0) is 6.42 Å². The zero-order chi connectivity index (χ0) is 15.3. The molecule has 2 rings (SSSR count). The Hall–Kier alpha value is -0.830. The number of benzene rings is 1. The van der Waals surface area contributed by atoms with Crippen LogP contribution in [0.2, 0.25) is 0 Å². The van der Waals surface area contributed by atoms with Gasteiger partial charge in [-0.05, 0) is 69.7 Å². The van der Waals surface area contributed by atoms with Gasteiger partial charge in [-0.25, -0.2) is 0 Å². The summed E-state index contributed by atoms with van der Waals surface area (Å²) in [7, 11) is 0. The molecule has 0 radical (unpaired) electrons. The molecule has 1 heteroatoms. The Kier molecular flexibility index (Phi) is 5.86. The van der Waals surface area contributed by atoms with Crippen molar-refractivity contribution < 1.29 is 21.2 Å². The van der Waals surface area contributed by atoms with Crippen molar-refractivity contribution in [3.63, 3.8) is 0 Å². The fourth-order valence-corrected chi connectivity index (χ4v) is 4.98. The predicted molar refractivity (Wildman–Crippen MR) is 88.8 cm³/mol. The van der Waals surface area contributed by atoms with Crippen molar-refractivity contribution >= 4 is 0 Å². The molecule has 0 saturated heterocycles. The van der Waals surface area contributed by atoms with Gasteiger partial charge in [0.15, 0.2) is 6.99 Å². The van der Waals surface area contributed by atoms with E-state index in [2.05, 4.69) is 69.8 Å². The maximum atomic E-state index is 4.26. The summed E-state index contributed by atoms with van der Waals surface area (Å²) < 4.78 is 2.01. The Labute approximate surface area is 140 Å². The van der Waals surface area contributed by atoms with Crippen LogP contribution in [0.1, 0.15) is 45.6 Å². The molecule has 1 aliphatic rings. The van der Waals surface area contributed by atoms with Gasteiger partial charge in [0.1, 0.15) is 0 Å². The summed E-state index contributed by atoms with van der Waals surface area (Å²) in [5.41, 5.74) is 4.18. The maximum Gasteiger partial charge on any atom is 0.319 e. The second-order valence-corrected chi connectivity index (χ2v) is 11.6. The van der Waals surface area contributed by atoms with Gasteiger partial charge in [-0.2, -0.15) is 0 Å². The van der Waals surface area contributed by atoms with E-state index in [0.29, 0.717) is 3.42 Å². The zero-order valence-electron chi connectivity index (χ0n) is 13.5. The molecule has 0 bridgehead atoms. The van der Waals surface area contributed by atoms with Crippen LogP contribution in [-0.4, -0.2) is 3.42 Å². The first-order chi connectivity index (χ1) is 9.94. The molecule has 0 atom stereocenters. The molecule has 1 aromatic carbocycles. The van der Waals surface area contributed by atoms with Crippen LogP contribution in [0, 0.1) is 3.57 Å². The molecule has 0 unspecified atom stereocenters. The Morgan fingerprint density at radius 3 is 2.48 bits per heavy atom. The third kappa shape index (κ3) is 5.82. The quantitative estimate of drug-likeness (QED) is 0.533. The lowest BCUT2D eigenvalue weighted by atomic mass is 9.94. The van der Waals surface area contributed by atoms with Crippen LogP contribution >= 0.6 is 0 Å². The lowest BCUT2D eigenvalue weighted by Crippen LogP contribution is -3.67. The van der Waals surface area contributed by atoms with Gasteiger partial charge in [0, 0.05) is 0 Å². The van der Waals surface area contributed by atoms with Crippen molar-refractivity contribution in [3.8, 4) is 0 Å². The van der Waals surface area contributed by atoms with Crippen molar-refractivity contribution in [3.05, 3.63) is 69.4 Å². The number of alkyl halides is 1. The zero-order valence-corrected chi connectivity index (χ0v) is 15.6. The van der Waals surface area contributed by atoms with E-state index in [-0.39, 0.29) is 21.2 Å². The third-order valence-electron chi connectivity index (χ3n) is 3.49. The summed E-state index contributed by atoms with van der Waals surface area (Å²) in [4.78, 5) is 0. The summed E-state index contributed by atoms with van der Waals surface area (Å²) in [5.74, 6) is 0. The first-order valence-electron chi connectivity index (χ1n) is 7.73. The molecule has 0 fully saturated rings. The van der Waals surface area contributed by atoms with E-state index in [1.165, 1.54) is 16.7 Å². The standard InChI is InChI=1S/C20H26I/c1-16(18-8-6-5-7-9-18)10-11-17-12-14-19(15-13-17)21-20(2,3)4/h5-6,8,12-15H,1,7,9-11H2,2-4H3/q+1. The van der Waals surface area contributed by atoms with Crippen molar-refractivity contribution in [2.45, 2.75) is 49.9 Å². The summed E-state index contributed by atoms with van der Waals surface area (Å²) in [6.07, 6.45) is 11.1. The smallest absolute Gasteiger partial charge is 0.0955 e. The molecular weight excluding hydrogens is 367 g/mol. The van der Waals surface area contributed by atoms with Crippen molar-refractivity contribution in [1.29, 1.82) is 0 Å². The lowest BCUT2D eigenvalue weighted by Gasteiger charge is -2.12. The first kappa shape index (κ1) is 16.5. The van der Waals surface area contributed by atoms with Gasteiger partial charge < -0.3 is 0 Å². The highest BCUT2D eigenvalue weighted by molar-refractivity contribution is 5.34. The van der Waals surface area contributed by atoms with Gasteiger partial charge in [-0.1, -0.05) is 42.5 Å². The van der Waals surface area contributed by atoms with Gasteiger partial charge in [-0.3, -0.25) is 0 Å². The summed E-state index contributed by atoms with van der Waals surface area (Å²) in [6, 6.07) is 9.28. The second-order valence-electron chi connectivity index (χ2n) is 6.55. The van der Waals surface area contributed by atoms with E-state index in [9.17, 15) is 0 Å². The highest BCUT2D eigenvalue weighted by atomic mass is 127. The fourth-order valence-electron chi connectivity index (χ4n) is 2.39. The van der Waals surface area contributed by atoms with Crippen LogP contribution < -0.4 is 21.2 Å². The van der Waals surface area contributed by atoms with Crippen LogP contribution in [0.4, 0.5) is 0 Å². The molecule has 0 saturated carbocycles. The van der Waals surface area contributed by atoms with Crippen LogP contribution in [0.25, 0.3) is 0 Å². The van der Waals surface area contributed by atoms with Gasteiger partial charge in [-0.15, -0.1) is 0 Å². The Bertz CT molecular complexity index is 538. The van der Waals surface area contributed by atoms with Crippen LogP contribution in [0.5, 0.6) is 0 Å². The third-order valence-corrected chi connectivity index (χ3v) is 6.45. The Morgan fingerprint density at radius 1 is 1.19 bits per heavy atom. The number of hydrogen-bond acceptors (Lipinski definition) is 0. The van der Waals surface area contributed by atoms with E-state index in [1.807, 2.05) is 0 Å². The van der Waals surface area contributed by atoms with E-state index in [4.69, 9.17) is 0 Å². The van der Waals surface area contributed by atoms with Crippen molar-refractivity contribution in [1.82, 2.24) is 0 Å². The molecule has 0 N–H and O–H groups in total. The number of allylic oxidation sites excluding steroid dienone is 5. The van der Waals surface area contributed by atoms with E-state index < -0.39 is 0 Å².